The van der Waals surface area contributed by atoms with Crippen molar-refractivity contribution in [3.8, 4) is 0 Å². The quantitative estimate of drug-likeness (QED) is 0.595. The predicted molar refractivity (Wildman–Crippen MR) is 44.8 cm³/mol. The molecular weight excluding hydrogens is 122 g/mol. The molecule has 1 aliphatic carbocycles. The van der Waals surface area contributed by atoms with Crippen LogP contribution in [0, 0.1) is 10.8 Å². The van der Waals surface area contributed by atoms with E-state index in [1.807, 2.05) is 0 Å². The van der Waals surface area contributed by atoms with E-state index >= 15 is 0 Å². The molecule has 0 unspecified atom stereocenters. The molecule has 0 saturated heterocycles. The summed E-state index contributed by atoms with van der Waals surface area (Å²) in [7, 11) is 0. The van der Waals surface area contributed by atoms with Gasteiger partial charge < -0.3 is 5.73 Å². The molecule has 1 nitrogen and oxygen atoms in total. The normalized spacial score (nSPS) is 38.4. The Morgan fingerprint density at radius 3 is 2.00 bits per heavy atom. The molecule has 0 heterocycles. The third kappa shape index (κ3) is 1.51. The van der Waals surface area contributed by atoms with Gasteiger partial charge in [0.15, 0.2) is 0 Å². The molecule has 1 rings (SSSR count). The van der Waals surface area contributed by atoms with E-state index in [9.17, 15) is 0 Å². The second-order valence-electron chi connectivity index (χ2n) is 4.86. The molecule has 0 spiro atoms. The third-order valence-electron chi connectivity index (χ3n) is 2.80. The largest absolute Gasteiger partial charge is 0.330 e. The SMILES string of the molecule is CC1(C)CC[C@@](C)(CN)C1. The fourth-order valence-corrected chi connectivity index (χ4v) is 2.15. The summed E-state index contributed by atoms with van der Waals surface area (Å²) in [6, 6.07) is 0. The summed E-state index contributed by atoms with van der Waals surface area (Å²) < 4.78 is 0. The molecule has 0 aromatic carbocycles. The Morgan fingerprint density at radius 1 is 1.20 bits per heavy atom. The van der Waals surface area contributed by atoms with Crippen LogP contribution in [0.25, 0.3) is 0 Å². The van der Waals surface area contributed by atoms with E-state index in [-0.39, 0.29) is 0 Å². The number of hydrogen-bond donors (Lipinski definition) is 1. The van der Waals surface area contributed by atoms with Crippen LogP contribution in [-0.2, 0) is 0 Å². The van der Waals surface area contributed by atoms with Crippen molar-refractivity contribution in [1.29, 1.82) is 0 Å². The first-order chi connectivity index (χ1) is 4.47. The lowest BCUT2D eigenvalue weighted by atomic mass is 9.83. The van der Waals surface area contributed by atoms with Crippen molar-refractivity contribution in [2.45, 2.75) is 40.0 Å². The van der Waals surface area contributed by atoms with Gasteiger partial charge in [-0.3, -0.25) is 0 Å². The fourth-order valence-electron chi connectivity index (χ4n) is 2.15. The average molecular weight is 141 g/mol. The lowest BCUT2D eigenvalue weighted by molar-refractivity contribution is 0.288. The van der Waals surface area contributed by atoms with E-state index in [1.165, 1.54) is 19.3 Å². The highest BCUT2D eigenvalue weighted by molar-refractivity contribution is 4.90. The first-order valence-corrected chi connectivity index (χ1v) is 4.18. The molecule has 0 aromatic heterocycles. The van der Waals surface area contributed by atoms with Crippen LogP contribution in [0.1, 0.15) is 40.0 Å². The summed E-state index contributed by atoms with van der Waals surface area (Å²) in [5.41, 5.74) is 6.69. The molecule has 1 fully saturated rings. The molecule has 0 aliphatic heterocycles. The van der Waals surface area contributed by atoms with Crippen molar-refractivity contribution >= 4 is 0 Å². The third-order valence-corrected chi connectivity index (χ3v) is 2.80. The van der Waals surface area contributed by atoms with Gasteiger partial charge in [0.05, 0.1) is 0 Å². The second kappa shape index (κ2) is 2.23. The van der Waals surface area contributed by atoms with Gasteiger partial charge in [0.1, 0.15) is 0 Å². The van der Waals surface area contributed by atoms with Crippen LogP contribution in [0.4, 0.5) is 0 Å². The molecule has 10 heavy (non-hydrogen) atoms. The summed E-state index contributed by atoms with van der Waals surface area (Å²) in [6.07, 6.45) is 3.97. The predicted octanol–water partition coefficient (Wildman–Crippen LogP) is 2.16. The van der Waals surface area contributed by atoms with Crippen LogP contribution in [-0.4, -0.2) is 6.54 Å². The monoisotopic (exact) mass is 141 g/mol. The Balaban J connectivity index is 2.57. The molecule has 0 radical (unpaired) electrons. The second-order valence-corrected chi connectivity index (χ2v) is 4.86. The summed E-state index contributed by atoms with van der Waals surface area (Å²) in [5, 5.41) is 0. The van der Waals surface area contributed by atoms with Crippen LogP contribution >= 0.6 is 0 Å². The molecule has 1 saturated carbocycles. The van der Waals surface area contributed by atoms with E-state index < -0.39 is 0 Å². The van der Waals surface area contributed by atoms with E-state index in [2.05, 4.69) is 20.8 Å². The number of rotatable bonds is 1. The maximum Gasteiger partial charge on any atom is -0.00230 e. The highest BCUT2D eigenvalue weighted by atomic mass is 14.6. The van der Waals surface area contributed by atoms with Gasteiger partial charge in [0.25, 0.3) is 0 Å². The van der Waals surface area contributed by atoms with Crippen molar-refractivity contribution in [3.63, 3.8) is 0 Å². The molecule has 0 bridgehead atoms. The maximum absolute atomic E-state index is 5.69. The lowest BCUT2D eigenvalue weighted by Crippen LogP contribution is -2.24. The Bertz CT molecular complexity index is 129. The van der Waals surface area contributed by atoms with Crippen LogP contribution in [0.2, 0.25) is 0 Å². The number of nitrogens with two attached hydrogens (primary N) is 1. The Hall–Kier alpha value is -0.0400. The van der Waals surface area contributed by atoms with Gasteiger partial charge in [-0.05, 0) is 36.6 Å². The molecule has 1 heteroatoms. The smallest absolute Gasteiger partial charge is 0.00230 e. The van der Waals surface area contributed by atoms with Gasteiger partial charge >= 0.3 is 0 Å². The fraction of sp³-hybridized carbons (Fsp3) is 1.00. The summed E-state index contributed by atoms with van der Waals surface area (Å²) in [5.74, 6) is 0. The first-order valence-electron chi connectivity index (χ1n) is 4.18. The highest BCUT2D eigenvalue weighted by Crippen LogP contribution is 2.47. The molecule has 2 N–H and O–H groups in total. The van der Waals surface area contributed by atoms with Crippen LogP contribution in [0.5, 0.6) is 0 Å². The molecule has 60 valence electrons. The molecule has 1 atom stereocenters. The van der Waals surface area contributed by atoms with Crippen LogP contribution in [0.3, 0.4) is 0 Å². The van der Waals surface area contributed by atoms with Crippen LogP contribution in [0.15, 0.2) is 0 Å². The Kier molecular flexibility index (Phi) is 1.80. The molecule has 0 amide bonds. The summed E-state index contributed by atoms with van der Waals surface area (Å²) in [6.45, 7) is 7.85. The minimum Gasteiger partial charge on any atom is -0.330 e. The standard InChI is InChI=1S/C9H19N/c1-8(2)4-5-9(3,6-8)7-10/h4-7,10H2,1-3H3/t9-/m1/s1. The van der Waals surface area contributed by atoms with Gasteiger partial charge in [0.2, 0.25) is 0 Å². The van der Waals surface area contributed by atoms with Crippen molar-refractivity contribution in [2.24, 2.45) is 16.6 Å². The zero-order valence-electron chi connectivity index (χ0n) is 7.41. The average Bonchev–Trinajstić information content (AvgIpc) is 2.08. The number of hydrogen-bond acceptors (Lipinski definition) is 1. The van der Waals surface area contributed by atoms with Gasteiger partial charge in [-0.1, -0.05) is 20.8 Å². The Labute approximate surface area is 64.0 Å². The molecule has 0 aromatic rings. The van der Waals surface area contributed by atoms with Gasteiger partial charge in [-0.2, -0.15) is 0 Å². The summed E-state index contributed by atoms with van der Waals surface area (Å²) in [4.78, 5) is 0. The maximum atomic E-state index is 5.69. The van der Waals surface area contributed by atoms with Crippen molar-refractivity contribution < 1.29 is 0 Å². The van der Waals surface area contributed by atoms with E-state index in [0.29, 0.717) is 10.8 Å². The zero-order chi connectivity index (χ0) is 7.83. The van der Waals surface area contributed by atoms with Gasteiger partial charge in [-0.15, -0.1) is 0 Å². The molecular formula is C9H19N. The topological polar surface area (TPSA) is 26.0 Å². The first kappa shape index (κ1) is 8.06. The minimum absolute atomic E-state index is 0.448. The van der Waals surface area contributed by atoms with E-state index in [1.54, 1.807) is 0 Å². The van der Waals surface area contributed by atoms with E-state index in [0.717, 1.165) is 6.54 Å². The minimum atomic E-state index is 0.448. The zero-order valence-corrected chi connectivity index (χ0v) is 7.41. The highest BCUT2D eigenvalue weighted by Gasteiger charge is 2.38. The van der Waals surface area contributed by atoms with Crippen molar-refractivity contribution in [1.82, 2.24) is 0 Å². The van der Waals surface area contributed by atoms with Crippen LogP contribution < -0.4 is 5.73 Å². The van der Waals surface area contributed by atoms with E-state index in [4.69, 9.17) is 5.73 Å². The van der Waals surface area contributed by atoms with Crippen molar-refractivity contribution in [2.75, 3.05) is 6.54 Å². The Morgan fingerprint density at radius 2 is 1.80 bits per heavy atom. The summed E-state index contributed by atoms with van der Waals surface area (Å²) >= 11 is 0. The van der Waals surface area contributed by atoms with Gasteiger partial charge in [-0.25, -0.2) is 0 Å². The van der Waals surface area contributed by atoms with Crippen molar-refractivity contribution in [3.05, 3.63) is 0 Å². The molecule has 1 aliphatic rings. The lowest BCUT2D eigenvalue weighted by Gasteiger charge is -2.24. The van der Waals surface area contributed by atoms with Gasteiger partial charge in [0, 0.05) is 0 Å².